The molecule has 1 aliphatic carbocycles. The summed E-state index contributed by atoms with van der Waals surface area (Å²) in [6.45, 7) is 8.79. The Balaban J connectivity index is 1.74. The average molecular weight is 504 g/mol. The zero-order valence-electron chi connectivity index (χ0n) is 20.9. The highest BCUT2D eigenvalue weighted by molar-refractivity contribution is 5.82. The van der Waals surface area contributed by atoms with Gasteiger partial charge in [0.15, 0.2) is 0 Å². The van der Waals surface area contributed by atoms with Gasteiger partial charge in [-0.15, -0.1) is 13.2 Å². The highest BCUT2D eigenvalue weighted by Crippen LogP contribution is 2.46. The maximum atomic E-state index is 12.5. The fraction of sp³-hybridized carbons (Fsp3) is 0.481. The van der Waals surface area contributed by atoms with E-state index in [9.17, 15) is 18.0 Å². The molecule has 2 aromatic carbocycles. The Morgan fingerprint density at radius 3 is 2.53 bits per heavy atom. The Morgan fingerprint density at radius 2 is 1.92 bits per heavy atom. The summed E-state index contributed by atoms with van der Waals surface area (Å²) in [5, 5.41) is 12.4. The van der Waals surface area contributed by atoms with Crippen LogP contribution in [-0.4, -0.2) is 27.0 Å². The molecule has 4 rings (SSSR count). The summed E-state index contributed by atoms with van der Waals surface area (Å²) in [5.74, 6) is -0.000164. The van der Waals surface area contributed by atoms with E-state index in [1.54, 1.807) is 0 Å². The summed E-state index contributed by atoms with van der Waals surface area (Å²) >= 11 is 0. The number of halogens is 3. The van der Waals surface area contributed by atoms with Gasteiger partial charge in [0.1, 0.15) is 5.75 Å². The molecule has 1 aromatic heterocycles. The van der Waals surface area contributed by atoms with Crippen molar-refractivity contribution in [3.63, 3.8) is 0 Å². The number of hydrogen-bond donors (Lipinski definition) is 2. The monoisotopic (exact) mass is 503 g/mol. The predicted molar refractivity (Wildman–Crippen MR) is 133 cm³/mol. The molecule has 1 heterocycles. The molecule has 3 aromatic rings. The van der Waals surface area contributed by atoms with Crippen LogP contribution in [0.25, 0.3) is 11.0 Å². The molecule has 0 bridgehead atoms. The maximum absolute atomic E-state index is 12.5. The van der Waals surface area contributed by atoms with Crippen LogP contribution >= 0.6 is 0 Å². The molecule has 6 nitrogen and oxygen atoms in total. The largest absolute Gasteiger partial charge is 0.573 e. The number of imidazole rings is 1. The standard InChI is InChI=1S/C27H32F3N3O3/c1-16-11-20(15-26(3,4)14-16)33-23-12-17(2)18(5-10-24(34)35)13-22(23)32-25(33)31-19-6-8-21(9-7-19)36-27(28,29)30/h6-9,12-13,16,20H,5,10-11,14-15H2,1-4H3,(H,31,32)(H,34,35). The van der Waals surface area contributed by atoms with Gasteiger partial charge >= 0.3 is 12.3 Å². The molecule has 2 N–H and O–H groups in total. The molecule has 0 radical (unpaired) electrons. The zero-order valence-corrected chi connectivity index (χ0v) is 20.9. The summed E-state index contributed by atoms with van der Waals surface area (Å²) in [5.41, 5.74) is 4.41. The van der Waals surface area contributed by atoms with Crippen LogP contribution in [0.15, 0.2) is 36.4 Å². The Labute approximate surface area is 208 Å². The van der Waals surface area contributed by atoms with E-state index in [4.69, 9.17) is 10.1 Å². The molecular formula is C27H32F3N3O3. The minimum Gasteiger partial charge on any atom is -0.481 e. The molecule has 0 amide bonds. The van der Waals surface area contributed by atoms with Crippen molar-refractivity contribution in [1.29, 1.82) is 0 Å². The van der Waals surface area contributed by atoms with Gasteiger partial charge in [-0.1, -0.05) is 20.8 Å². The highest BCUT2D eigenvalue weighted by Gasteiger charge is 2.35. The normalized spacial score (nSPS) is 19.9. The van der Waals surface area contributed by atoms with Crippen molar-refractivity contribution in [2.24, 2.45) is 11.3 Å². The van der Waals surface area contributed by atoms with Crippen LogP contribution < -0.4 is 10.1 Å². The van der Waals surface area contributed by atoms with Gasteiger partial charge in [-0.2, -0.15) is 0 Å². The lowest BCUT2D eigenvalue weighted by Crippen LogP contribution is -2.29. The van der Waals surface area contributed by atoms with Gasteiger partial charge in [-0.25, -0.2) is 4.98 Å². The fourth-order valence-corrected chi connectivity index (χ4v) is 5.62. The van der Waals surface area contributed by atoms with Gasteiger partial charge in [0.25, 0.3) is 0 Å². The molecular weight excluding hydrogens is 471 g/mol. The van der Waals surface area contributed by atoms with Crippen molar-refractivity contribution in [3.05, 3.63) is 47.5 Å². The van der Waals surface area contributed by atoms with E-state index in [0.717, 1.165) is 41.4 Å². The number of rotatable bonds is 7. The minimum absolute atomic E-state index is 0.0405. The van der Waals surface area contributed by atoms with Crippen LogP contribution in [0, 0.1) is 18.3 Å². The van der Waals surface area contributed by atoms with Gasteiger partial charge in [0.2, 0.25) is 5.95 Å². The van der Waals surface area contributed by atoms with E-state index >= 15 is 0 Å². The molecule has 194 valence electrons. The lowest BCUT2D eigenvalue weighted by Gasteiger charge is -2.40. The number of aryl methyl sites for hydroxylation is 2. The van der Waals surface area contributed by atoms with Crippen LogP contribution in [0.3, 0.4) is 0 Å². The first kappa shape index (κ1) is 25.9. The SMILES string of the molecule is Cc1cc2c(cc1CCC(=O)O)nc(Nc1ccc(OC(F)(F)F)cc1)n2C1CC(C)CC(C)(C)C1. The molecule has 0 saturated heterocycles. The van der Waals surface area contributed by atoms with Gasteiger partial charge < -0.3 is 19.7 Å². The van der Waals surface area contributed by atoms with Crippen LogP contribution in [-0.2, 0) is 11.2 Å². The van der Waals surface area contributed by atoms with E-state index < -0.39 is 12.3 Å². The molecule has 1 fully saturated rings. The number of aliphatic carboxylic acids is 1. The third-order valence-electron chi connectivity index (χ3n) is 6.83. The van der Waals surface area contributed by atoms with Crippen LogP contribution in [0.4, 0.5) is 24.8 Å². The topological polar surface area (TPSA) is 76.4 Å². The number of carboxylic acids is 1. The smallest absolute Gasteiger partial charge is 0.481 e. The maximum Gasteiger partial charge on any atom is 0.573 e. The lowest BCUT2D eigenvalue weighted by atomic mass is 9.70. The summed E-state index contributed by atoms with van der Waals surface area (Å²) in [6.07, 6.45) is -1.20. The highest BCUT2D eigenvalue weighted by atomic mass is 19.4. The van der Waals surface area contributed by atoms with Crippen LogP contribution in [0.1, 0.15) is 63.6 Å². The second kappa shape index (κ2) is 9.67. The number of hydrogen-bond acceptors (Lipinski definition) is 4. The quantitative estimate of drug-likeness (QED) is 0.352. The molecule has 2 atom stereocenters. The number of benzene rings is 2. The van der Waals surface area contributed by atoms with E-state index in [0.29, 0.717) is 24.0 Å². The lowest BCUT2D eigenvalue weighted by molar-refractivity contribution is -0.274. The van der Waals surface area contributed by atoms with Gasteiger partial charge in [-0.3, -0.25) is 4.79 Å². The zero-order chi connectivity index (χ0) is 26.3. The Kier molecular flexibility index (Phi) is 6.94. The number of anilines is 2. The van der Waals surface area contributed by atoms with Crippen molar-refractivity contribution in [2.75, 3.05) is 5.32 Å². The number of nitrogens with zero attached hydrogens (tertiary/aromatic N) is 2. The minimum atomic E-state index is -4.75. The molecule has 9 heteroatoms. The second-order valence-corrected chi connectivity index (χ2v) is 10.7. The number of ether oxygens (including phenoxy) is 1. The summed E-state index contributed by atoms with van der Waals surface area (Å²) in [4.78, 5) is 16.0. The predicted octanol–water partition coefficient (Wildman–Crippen LogP) is 7.39. The van der Waals surface area contributed by atoms with Crippen molar-refractivity contribution < 1.29 is 27.8 Å². The summed E-state index contributed by atoms with van der Waals surface area (Å²) < 4.78 is 43.8. The molecule has 36 heavy (non-hydrogen) atoms. The number of carbonyl (C=O) groups is 1. The van der Waals surface area contributed by atoms with Gasteiger partial charge in [0.05, 0.1) is 11.0 Å². The molecule has 0 aliphatic heterocycles. The van der Waals surface area contributed by atoms with Gasteiger partial charge in [0, 0.05) is 18.2 Å². The number of aromatic nitrogens is 2. The molecule has 1 aliphatic rings. The number of fused-ring (bicyclic) bond motifs is 1. The molecule has 1 saturated carbocycles. The van der Waals surface area contributed by atoms with E-state index in [-0.39, 0.29) is 23.6 Å². The number of nitrogens with one attached hydrogen (secondary N) is 1. The first-order chi connectivity index (χ1) is 16.8. The first-order valence-corrected chi connectivity index (χ1v) is 12.2. The third-order valence-corrected chi connectivity index (χ3v) is 6.83. The van der Waals surface area contributed by atoms with E-state index in [2.05, 4.69) is 41.5 Å². The van der Waals surface area contributed by atoms with Crippen molar-refractivity contribution in [2.45, 2.75) is 72.2 Å². The molecule has 2 unspecified atom stereocenters. The second-order valence-electron chi connectivity index (χ2n) is 10.7. The fourth-order valence-electron chi connectivity index (χ4n) is 5.62. The van der Waals surface area contributed by atoms with Gasteiger partial charge in [-0.05, 0) is 91.5 Å². The van der Waals surface area contributed by atoms with Crippen molar-refractivity contribution in [3.8, 4) is 5.75 Å². The average Bonchev–Trinajstić information content (AvgIpc) is 3.07. The Bertz CT molecular complexity index is 1250. The number of carboxylic acid groups (broad SMARTS) is 1. The summed E-state index contributed by atoms with van der Waals surface area (Å²) in [7, 11) is 0. The Hall–Kier alpha value is -3.23. The van der Waals surface area contributed by atoms with E-state index in [1.165, 1.54) is 24.3 Å². The third kappa shape index (κ3) is 6.12. The molecule has 0 spiro atoms. The van der Waals surface area contributed by atoms with Crippen molar-refractivity contribution in [1.82, 2.24) is 9.55 Å². The van der Waals surface area contributed by atoms with E-state index in [1.807, 2.05) is 13.0 Å². The first-order valence-electron chi connectivity index (χ1n) is 12.2. The van der Waals surface area contributed by atoms with Crippen LogP contribution in [0.2, 0.25) is 0 Å². The van der Waals surface area contributed by atoms with Crippen molar-refractivity contribution >= 4 is 28.6 Å². The summed E-state index contributed by atoms with van der Waals surface area (Å²) in [6, 6.07) is 9.80. The Morgan fingerprint density at radius 1 is 1.22 bits per heavy atom. The van der Waals surface area contributed by atoms with Crippen LogP contribution in [0.5, 0.6) is 5.75 Å². The number of alkyl halides is 3.